The summed E-state index contributed by atoms with van der Waals surface area (Å²) in [7, 11) is 0. The Morgan fingerprint density at radius 3 is 2.95 bits per heavy atom. The van der Waals surface area contributed by atoms with E-state index in [0.717, 1.165) is 20.3 Å². The molecule has 0 aliphatic heterocycles. The highest BCUT2D eigenvalue weighted by Crippen LogP contribution is 2.33. The maximum Gasteiger partial charge on any atom is 0.267 e. The third kappa shape index (κ3) is 2.80. The lowest BCUT2D eigenvalue weighted by Crippen LogP contribution is -2.25. The topological polar surface area (TPSA) is 34.0 Å². The van der Waals surface area contributed by atoms with Crippen LogP contribution in [-0.4, -0.2) is 17.0 Å². The maximum absolute atomic E-state index is 13.4. The predicted molar refractivity (Wildman–Crippen MR) is 91.0 cm³/mol. The Morgan fingerprint density at radius 2 is 2.23 bits per heavy atom. The molecule has 114 valence electrons. The first-order valence-electron chi connectivity index (χ1n) is 6.89. The van der Waals surface area contributed by atoms with E-state index in [1.807, 2.05) is 29.0 Å². The fourth-order valence-corrected chi connectivity index (χ4v) is 4.15. The Bertz CT molecular complexity index is 840. The zero-order valence-corrected chi connectivity index (χ0v) is 14.3. The number of rotatable bonds is 4. The molecule has 0 saturated heterocycles. The van der Waals surface area contributed by atoms with E-state index in [9.17, 15) is 9.18 Å². The Hall–Kier alpha value is -1.66. The van der Waals surface area contributed by atoms with E-state index in [0.29, 0.717) is 18.8 Å². The number of hydrogen-bond acceptors (Lipinski definition) is 2. The summed E-state index contributed by atoms with van der Waals surface area (Å²) >= 11 is 5.11. The molecule has 0 radical (unpaired) electrons. The van der Waals surface area contributed by atoms with Crippen LogP contribution >= 0.6 is 27.3 Å². The van der Waals surface area contributed by atoms with Gasteiger partial charge in [0.05, 0.1) is 14.7 Å². The molecule has 2 aromatic heterocycles. The van der Waals surface area contributed by atoms with E-state index >= 15 is 0 Å². The van der Waals surface area contributed by atoms with Crippen LogP contribution in [0, 0.1) is 5.82 Å². The average molecular weight is 381 g/mol. The van der Waals surface area contributed by atoms with E-state index in [4.69, 9.17) is 0 Å². The molecule has 0 fully saturated rings. The van der Waals surface area contributed by atoms with Gasteiger partial charge in [0.2, 0.25) is 0 Å². The molecule has 2 heterocycles. The number of nitrogens with one attached hydrogen (secondary N) is 1. The molecule has 1 aromatic carbocycles. The van der Waals surface area contributed by atoms with E-state index in [-0.39, 0.29) is 11.7 Å². The summed E-state index contributed by atoms with van der Waals surface area (Å²) in [6.45, 7) is 2.90. The van der Waals surface area contributed by atoms with Gasteiger partial charge in [-0.1, -0.05) is 12.1 Å². The van der Waals surface area contributed by atoms with E-state index in [1.54, 1.807) is 17.4 Å². The second kappa shape index (κ2) is 6.22. The Kier molecular flexibility index (Phi) is 4.31. The predicted octanol–water partition coefficient (Wildman–Crippen LogP) is 4.40. The van der Waals surface area contributed by atoms with Crippen molar-refractivity contribution in [2.24, 2.45) is 0 Å². The standard InChI is InChI=1S/C16H14BrFN2OS/c1-2-19-16(21)13-7-14-15(12(17)9-22-14)20(13)8-10-4-3-5-11(18)6-10/h3-7,9H,2,8H2,1H3,(H,19,21). The van der Waals surface area contributed by atoms with Gasteiger partial charge < -0.3 is 9.88 Å². The molecule has 6 heteroatoms. The van der Waals surface area contributed by atoms with Gasteiger partial charge in [0.1, 0.15) is 11.5 Å². The molecule has 0 aliphatic carbocycles. The molecule has 0 aliphatic rings. The van der Waals surface area contributed by atoms with Gasteiger partial charge in [-0.3, -0.25) is 4.79 Å². The van der Waals surface area contributed by atoms with Crippen LogP contribution in [-0.2, 0) is 6.54 Å². The molecule has 1 N–H and O–H groups in total. The van der Waals surface area contributed by atoms with E-state index in [2.05, 4.69) is 21.2 Å². The third-order valence-electron chi connectivity index (χ3n) is 3.38. The van der Waals surface area contributed by atoms with Crippen molar-refractivity contribution in [3.63, 3.8) is 0 Å². The number of fused-ring (bicyclic) bond motifs is 1. The summed E-state index contributed by atoms with van der Waals surface area (Å²) in [5.74, 6) is -0.390. The van der Waals surface area contributed by atoms with Gasteiger partial charge in [-0.15, -0.1) is 11.3 Å². The largest absolute Gasteiger partial charge is 0.351 e. The Balaban J connectivity index is 2.10. The van der Waals surface area contributed by atoms with Gasteiger partial charge in [-0.25, -0.2) is 4.39 Å². The number of aromatic nitrogens is 1. The first kappa shape index (κ1) is 15.2. The molecular formula is C16H14BrFN2OS. The molecule has 0 spiro atoms. The molecule has 22 heavy (non-hydrogen) atoms. The summed E-state index contributed by atoms with van der Waals surface area (Å²) in [5, 5.41) is 4.82. The molecular weight excluding hydrogens is 367 g/mol. The van der Waals surface area contributed by atoms with Gasteiger partial charge in [0.15, 0.2) is 0 Å². The minimum absolute atomic E-state index is 0.116. The van der Waals surface area contributed by atoms with Crippen LogP contribution in [0.2, 0.25) is 0 Å². The van der Waals surface area contributed by atoms with E-state index < -0.39 is 0 Å². The minimum Gasteiger partial charge on any atom is -0.351 e. The summed E-state index contributed by atoms with van der Waals surface area (Å²) in [4.78, 5) is 12.3. The fraction of sp³-hybridized carbons (Fsp3) is 0.188. The minimum atomic E-state index is -0.273. The number of hydrogen-bond donors (Lipinski definition) is 1. The number of carbonyl (C=O) groups is 1. The van der Waals surface area contributed by atoms with Crippen molar-refractivity contribution in [1.29, 1.82) is 0 Å². The molecule has 0 bridgehead atoms. The second-order valence-corrected chi connectivity index (χ2v) is 6.67. The van der Waals surface area contributed by atoms with Crippen LogP contribution in [0.5, 0.6) is 0 Å². The number of amides is 1. The summed E-state index contributed by atoms with van der Waals surface area (Å²) in [5.41, 5.74) is 2.38. The SMILES string of the molecule is CCNC(=O)c1cc2scc(Br)c2n1Cc1cccc(F)c1. The summed E-state index contributed by atoms with van der Waals surface area (Å²) in [6, 6.07) is 8.33. The molecule has 1 amide bonds. The van der Waals surface area contributed by atoms with Crippen molar-refractivity contribution in [1.82, 2.24) is 9.88 Å². The Morgan fingerprint density at radius 1 is 1.41 bits per heavy atom. The normalized spacial score (nSPS) is 11.0. The molecule has 3 rings (SSSR count). The highest BCUT2D eigenvalue weighted by Gasteiger charge is 2.18. The van der Waals surface area contributed by atoms with Crippen molar-refractivity contribution in [3.8, 4) is 0 Å². The van der Waals surface area contributed by atoms with Gasteiger partial charge in [-0.2, -0.15) is 0 Å². The third-order valence-corrected chi connectivity index (χ3v) is 5.20. The number of nitrogens with zero attached hydrogens (tertiary/aromatic N) is 1. The lowest BCUT2D eigenvalue weighted by atomic mass is 10.2. The molecule has 0 saturated carbocycles. The second-order valence-electron chi connectivity index (χ2n) is 4.90. The van der Waals surface area contributed by atoms with Gasteiger partial charge in [0.25, 0.3) is 5.91 Å². The zero-order chi connectivity index (χ0) is 15.7. The zero-order valence-electron chi connectivity index (χ0n) is 11.9. The molecule has 3 aromatic rings. The average Bonchev–Trinajstić information content (AvgIpc) is 3.01. The van der Waals surface area contributed by atoms with Crippen molar-refractivity contribution in [2.75, 3.05) is 6.54 Å². The summed E-state index contributed by atoms with van der Waals surface area (Å²) in [6.07, 6.45) is 0. The van der Waals surface area contributed by atoms with Crippen molar-refractivity contribution in [3.05, 3.63) is 57.3 Å². The lowest BCUT2D eigenvalue weighted by molar-refractivity contribution is 0.0947. The van der Waals surface area contributed by atoms with Crippen LogP contribution in [0.1, 0.15) is 23.0 Å². The van der Waals surface area contributed by atoms with Crippen LogP contribution in [0.3, 0.4) is 0 Å². The molecule has 0 unspecified atom stereocenters. The number of carbonyl (C=O) groups excluding carboxylic acids is 1. The number of halogens is 2. The lowest BCUT2D eigenvalue weighted by Gasteiger charge is -2.11. The first-order chi connectivity index (χ1) is 10.6. The maximum atomic E-state index is 13.4. The monoisotopic (exact) mass is 380 g/mol. The quantitative estimate of drug-likeness (QED) is 0.714. The van der Waals surface area contributed by atoms with Crippen LogP contribution in [0.15, 0.2) is 40.2 Å². The van der Waals surface area contributed by atoms with Gasteiger partial charge >= 0.3 is 0 Å². The number of thiophene rings is 1. The van der Waals surface area contributed by atoms with Crippen LogP contribution < -0.4 is 5.32 Å². The molecule has 3 nitrogen and oxygen atoms in total. The van der Waals surface area contributed by atoms with Crippen LogP contribution in [0.4, 0.5) is 4.39 Å². The highest BCUT2D eigenvalue weighted by atomic mass is 79.9. The molecule has 0 atom stereocenters. The Labute approximate surface area is 139 Å². The van der Waals surface area contributed by atoms with Crippen LogP contribution in [0.25, 0.3) is 10.2 Å². The number of benzene rings is 1. The fourth-order valence-electron chi connectivity index (χ4n) is 2.45. The van der Waals surface area contributed by atoms with Crippen molar-refractivity contribution >= 4 is 43.4 Å². The van der Waals surface area contributed by atoms with Gasteiger partial charge in [0, 0.05) is 18.5 Å². The van der Waals surface area contributed by atoms with Crippen molar-refractivity contribution < 1.29 is 9.18 Å². The first-order valence-corrected chi connectivity index (χ1v) is 8.56. The summed E-state index contributed by atoms with van der Waals surface area (Å²) < 4.78 is 17.3. The van der Waals surface area contributed by atoms with Gasteiger partial charge in [-0.05, 0) is 46.6 Å². The highest BCUT2D eigenvalue weighted by molar-refractivity contribution is 9.10. The smallest absolute Gasteiger partial charge is 0.267 e. The van der Waals surface area contributed by atoms with Crippen molar-refractivity contribution in [2.45, 2.75) is 13.5 Å². The van der Waals surface area contributed by atoms with E-state index in [1.165, 1.54) is 12.1 Å².